The highest BCUT2D eigenvalue weighted by atomic mass is 16.4. The molecule has 1 aromatic carbocycles. The van der Waals surface area contributed by atoms with Crippen LogP contribution < -0.4 is 5.73 Å². The molecule has 18 heavy (non-hydrogen) atoms. The van der Waals surface area contributed by atoms with E-state index in [1.165, 1.54) is 12.1 Å². The number of carbonyl (C=O) groups is 1. The maximum atomic E-state index is 10.3. The van der Waals surface area contributed by atoms with Crippen molar-refractivity contribution in [1.82, 2.24) is 4.98 Å². The largest absolute Gasteiger partial charge is 0.507 e. The van der Waals surface area contributed by atoms with Crippen LogP contribution in [-0.2, 0) is 6.54 Å². The summed E-state index contributed by atoms with van der Waals surface area (Å²) in [5.41, 5.74) is 6.32. The standard InChI is InChI=1S/C7H6O3.C6H8N2/c8-6-4-2-1-3-5(6)7(9)10;7-4-6-2-1-3-8-5-6/h1-4,8H,(H,9,10);1-3,5H,4,7H2. The number of phenols is 1. The van der Waals surface area contributed by atoms with Crippen molar-refractivity contribution < 1.29 is 15.0 Å². The molecule has 0 aliphatic rings. The summed E-state index contributed by atoms with van der Waals surface area (Å²) in [6, 6.07) is 9.64. The summed E-state index contributed by atoms with van der Waals surface area (Å²) in [5.74, 6) is -1.31. The molecule has 5 nitrogen and oxygen atoms in total. The Morgan fingerprint density at radius 1 is 1.22 bits per heavy atom. The molecule has 0 fully saturated rings. The number of carboxylic acids is 1. The van der Waals surface area contributed by atoms with E-state index < -0.39 is 5.97 Å². The summed E-state index contributed by atoms with van der Waals surface area (Å²) in [6.45, 7) is 0.577. The van der Waals surface area contributed by atoms with Crippen molar-refractivity contribution >= 4 is 5.97 Å². The van der Waals surface area contributed by atoms with E-state index in [1.807, 2.05) is 12.1 Å². The van der Waals surface area contributed by atoms with Crippen molar-refractivity contribution in [2.45, 2.75) is 6.54 Å². The molecule has 0 saturated carbocycles. The molecule has 94 valence electrons. The van der Waals surface area contributed by atoms with Gasteiger partial charge in [0.1, 0.15) is 11.3 Å². The maximum absolute atomic E-state index is 10.3. The van der Waals surface area contributed by atoms with Crippen molar-refractivity contribution in [3.05, 3.63) is 59.9 Å². The Kier molecular flexibility index (Phi) is 5.34. The zero-order chi connectivity index (χ0) is 13.4. The number of para-hydroxylation sites is 1. The van der Waals surface area contributed by atoms with Gasteiger partial charge in [0.2, 0.25) is 0 Å². The van der Waals surface area contributed by atoms with Crippen molar-refractivity contribution in [2.75, 3.05) is 0 Å². The van der Waals surface area contributed by atoms with Crippen LogP contribution in [-0.4, -0.2) is 21.2 Å². The van der Waals surface area contributed by atoms with E-state index in [9.17, 15) is 4.79 Å². The third-order valence-corrected chi connectivity index (χ3v) is 2.09. The van der Waals surface area contributed by atoms with E-state index in [0.29, 0.717) is 6.54 Å². The molecule has 5 heteroatoms. The van der Waals surface area contributed by atoms with Crippen LogP contribution in [0.15, 0.2) is 48.8 Å². The summed E-state index contributed by atoms with van der Waals surface area (Å²) in [6.07, 6.45) is 3.50. The Morgan fingerprint density at radius 2 is 1.94 bits per heavy atom. The fraction of sp³-hybridized carbons (Fsp3) is 0.0769. The van der Waals surface area contributed by atoms with Gasteiger partial charge in [-0.1, -0.05) is 18.2 Å². The van der Waals surface area contributed by atoms with Gasteiger partial charge in [-0.05, 0) is 23.8 Å². The topological polar surface area (TPSA) is 96.4 Å². The lowest BCUT2D eigenvalue weighted by Crippen LogP contribution is -1.95. The maximum Gasteiger partial charge on any atom is 0.339 e. The predicted octanol–water partition coefficient (Wildman–Crippen LogP) is 1.63. The first-order chi connectivity index (χ1) is 8.65. The number of carboxylic acid groups (broad SMARTS) is 1. The molecular weight excluding hydrogens is 232 g/mol. The van der Waals surface area contributed by atoms with Gasteiger partial charge in [0.05, 0.1) is 0 Å². The zero-order valence-electron chi connectivity index (χ0n) is 9.65. The Hall–Kier alpha value is -2.40. The molecule has 0 unspecified atom stereocenters. The second kappa shape index (κ2) is 7.03. The number of aromatic hydroxyl groups is 1. The van der Waals surface area contributed by atoms with Crippen molar-refractivity contribution in [3.63, 3.8) is 0 Å². The fourth-order valence-corrected chi connectivity index (χ4v) is 1.17. The van der Waals surface area contributed by atoms with Gasteiger partial charge in [-0.3, -0.25) is 4.98 Å². The minimum atomic E-state index is -1.11. The van der Waals surface area contributed by atoms with Gasteiger partial charge in [0.25, 0.3) is 0 Å². The van der Waals surface area contributed by atoms with Gasteiger partial charge >= 0.3 is 5.97 Å². The van der Waals surface area contributed by atoms with Crippen LogP contribution in [0.5, 0.6) is 5.75 Å². The van der Waals surface area contributed by atoms with Gasteiger partial charge in [0, 0.05) is 18.9 Å². The van der Waals surface area contributed by atoms with Crippen LogP contribution in [0.1, 0.15) is 15.9 Å². The molecule has 2 rings (SSSR count). The van der Waals surface area contributed by atoms with Gasteiger partial charge in [0.15, 0.2) is 0 Å². The lowest BCUT2D eigenvalue weighted by molar-refractivity contribution is 0.0694. The molecule has 0 amide bonds. The van der Waals surface area contributed by atoms with Crippen LogP contribution >= 0.6 is 0 Å². The van der Waals surface area contributed by atoms with E-state index in [4.69, 9.17) is 15.9 Å². The van der Waals surface area contributed by atoms with Crippen LogP contribution in [0, 0.1) is 0 Å². The number of aromatic carboxylic acids is 1. The summed E-state index contributed by atoms with van der Waals surface area (Å²) in [5, 5.41) is 17.3. The summed E-state index contributed by atoms with van der Waals surface area (Å²) in [4.78, 5) is 14.1. The lowest BCUT2D eigenvalue weighted by Gasteiger charge is -1.95. The van der Waals surface area contributed by atoms with Crippen LogP contribution in [0.3, 0.4) is 0 Å². The highest BCUT2D eigenvalue weighted by Crippen LogP contribution is 2.14. The minimum Gasteiger partial charge on any atom is -0.507 e. The second-order valence-electron chi connectivity index (χ2n) is 3.39. The summed E-state index contributed by atoms with van der Waals surface area (Å²) < 4.78 is 0. The number of pyridine rings is 1. The first-order valence-electron chi connectivity index (χ1n) is 5.25. The minimum absolute atomic E-state index is 0.0671. The number of nitrogens with zero attached hydrogens (tertiary/aromatic N) is 1. The average molecular weight is 246 g/mol. The van der Waals surface area contributed by atoms with E-state index >= 15 is 0 Å². The van der Waals surface area contributed by atoms with Crippen molar-refractivity contribution in [2.24, 2.45) is 5.73 Å². The summed E-state index contributed by atoms with van der Waals surface area (Å²) >= 11 is 0. The quantitative estimate of drug-likeness (QED) is 0.748. The van der Waals surface area contributed by atoms with Crippen LogP contribution in [0.25, 0.3) is 0 Å². The highest BCUT2D eigenvalue weighted by Gasteiger charge is 2.05. The number of benzene rings is 1. The monoisotopic (exact) mass is 246 g/mol. The molecule has 4 N–H and O–H groups in total. The molecule has 0 aliphatic carbocycles. The van der Waals surface area contributed by atoms with E-state index in [2.05, 4.69) is 4.98 Å². The Morgan fingerprint density at radius 3 is 2.33 bits per heavy atom. The van der Waals surface area contributed by atoms with E-state index in [0.717, 1.165) is 5.56 Å². The molecule has 0 aliphatic heterocycles. The molecule has 0 radical (unpaired) electrons. The molecule has 0 spiro atoms. The molecule has 0 atom stereocenters. The Labute approximate surface area is 105 Å². The van der Waals surface area contributed by atoms with Crippen LogP contribution in [0.4, 0.5) is 0 Å². The third-order valence-electron chi connectivity index (χ3n) is 2.09. The van der Waals surface area contributed by atoms with Gasteiger partial charge in [-0.25, -0.2) is 4.79 Å². The van der Waals surface area contributed by atoms with Gasteiger partial charge < -0.3 is 15.9 Å². The summed E-state index contributed by atoms with van der Waals surface area (Å²) in [7, 11) is 0. The van der Waals surface area contributed by atoms with Crippen molar-refractivity contribution in [3.8, 4) is 5.75 Å². The second-order valence-corrected chi connectivity index (χ2v) is 3.39. The van der Waals surface area contributed by atoms with Gasteiger partial charge in [-0.15, -0.1) is 0 Å². The number of aromatic nitrogens is 1. The van der Waals surface area contributed by atoms with E-state index in [-0.39, 0.29) is 11.3 Å². The third kappa shape index (κ3) is 4.23. The first-order valence-corrected chi connectivity index (χ1v) is 5.25. The fourth-order valence-electron chi connectivity index (χ4n) is 1.17. The molecule has 2 aromatic rings. The van der Waals surface area contributed by atoms with E-state index in [1.54, 1.807) is 24.5 Å². The molecule has 1 heterocycles. The number of nitrogens with two attached hydrogens (primary N) is 1. The number of hydrogen-bond donors (Lipinski definition) is 3. The van der Waals surface area contributed by atoms with Crippen molar-refractivity contribution in [1.29, 1.82) is 0 Å². The number of hydrogen-bond acceptors (Lipinski definition) is 4. The molecule has 0 saturated heterocycles. The highest BCUT2D eigenvalue weighted by molar-refractivity contribution is 5.90. The smallest absolute Gasteiger partial charge is 0.339 e. The normalized spacial score (nSPS) is 9.17. The average Bonchev–Trinajstić information content (AvgIpc) is 2.40. The Balaban J connectivity index is 0.000000184. The Bertz CT molecular complexity index is 501. The molecular formula is C13H14N2O3. The first kappa shape index (κ1) is 13.7. The van der Waals surface area contributed by atoms with Crippen LogP contribution in [0.2, 0.25) is 0 Å². The molecule has 0 bridgehead atoms. The lowest BCUT2D eigenvalue weighted by atomic mass is 10.2. The number of rotatable bonds is 2. The predicted molar refractivity (Wildman–Crippen MR) is 67.2 cm³/mol. The zero-order valence-corrected chi connectivity index (χ0v) is 9.65. The SMILES string of the molecule is NCc1cccnc1.O=C(O)c1ccccc1O. The van der Waals surface area contributed by atoms with Gasteiger partial charge in [-0.2, -0.15) is 0 Å². The molecule has 1 aromatic heterocycles.